The third-order valence-electron chi connectivity index (χ3n) is 6.14. The number of anilines is 1. The summed E-state index contributed by atoms with van der Waals surface area (Å²) in [5, 5.41) is 25.5. The Morgan fingerprint density at radius 2 is 2.24 bits per heavy atom. The number of nitrogen functional groups attached to an aromatic ring is 1. The summed E-state index contributed by atoms with van der Waals surface area (Å²) in [5.74, 6) is -1.47. The Bertz CT molecular complexity index is 1590. The second kappa shape index (κ2) is 12.1. The average Bonchev–Trinajstić information content (AvgIpc) is 3.57. The summed E-state index contributed by atoms with van der Waals surface area (Å²) >= 11 is 3.97. The largest absolute Gasteiger partial charge is 0.477 e. The molecule has 15 nitrogen and oxygen atoms in total. The van der Waals surface area contributed by atoms with Crippen molar-refractivity contribution in [1.29, 1.82) is 0 Å². The number of amides is 3. The molecule has 0 unspecified atom stereocenters. The fraction of sp³-hybridized carbons (Fsp3) is 0.304. The van der Waals surface area contributed by atoms with E-state index in [4.69, 9.17) is 10.6 Å². The van der Waals surface area contributed by atoms with E-state index in [1.807, 2.05) is 16.7 Å². The summed E-state index contributed by atoms with van der Waals surface area (Å²) < 4.78 is 3.54. The number of aliphatic carboxylic acids is 1. The highest BCUT2D eigenvalue weighted by Crippen LogP contribution is 2.40. The van der Waals surface area contributed by atoms with E-state index in [9.17, 15) is 24.3 Å². The quantitative estimate of drug-likeness (QED) is 0.0380. The predicted molar refractivity (Wildman–Crippen MR) is 150 cm³/mol. The summed E-state index contributed by atoms with van der Waals surface area (Å²) in [7, 11) is 1.28. The van der Waals surface area contributed by atoms with Crippen LogP contribution < -0.4 is 20.9 Å². The van der Waals surface area contributed by atoms with Crippen LogP contribution in [-0.2, 0) is 30.6 Å². The van der Waals surface area contributed by atoms with Crippen molar-refractivity contribution in [3.8, 4) is 0 Å². The normalized spacial score (nSPS) is 18.6. The van der Waals surface area contributed by atoms with Gasteiger partial charge < -0.3 is 26.3 Å². The number of carbonyl (C=O) groups excluding carboxylic acids is 3. The molecule has 18 heteroatoms. The molecule has 0 spiro atoms. The lowest BCUT2D eigenvalue weighted by Gasteiger charge is -2.49. The van der Waals surface area contributed by atoms with Gasteiger partial charge in [0, 0.05) is 35.1 Å². The SMILES string of the molecule is CO/N=C(\C(=O)N[C@@H]1C(=O)N2C(C(=O)O)=C(C[n+]3ccn4nc(SCCNC=O)ccc43)CS[C@H]12)c1csc(N)n1. The molecule has 3 aromatic rings. The monoisotopic (exact) mass is 618 g/mol. The number of nitrogens with one attached hydrogen (secondary N) is 2. The van der Waals surface area contributed by atoms with Crippen LogP contribution in [0.2, 0.25) is 0 Å². The van der Waals surface area contributed by atoms with Crippen molar-refractivity contribution in [3.63, 3.8) is 0 Å². The maximum atomic E-state index is 13.1. The molecule has 1 saturated heterocycles. The van der Waals surface area contributed by atoms with Crippen molar-refractivity contribution < 1.29 is 33.7 Å². The minimum absolute atomic E-state index is 0.100. The molecule has 2 aliphatic rings. The van der Waals surface area contributed by atoms with E-state index in [2.05, 4.69) is 25.9 Å². The topological polar surface area (TPSA) is 197 Å². The number of thiazole rings is 1. The Hall–Kier alpha value is -4.16. The third kappa shape index (κ3) is 5.70. The first-order valence-electron chi connectivity index (χ1n) is 12.0. The van der Waals surface area contributed by atoms with E-state index in [0.717, 1.165) is 22.0 Å². The molecule has 2 atom stereocenters. The molecular weight excluding hydrogens is 595 g/mol. The van der Waals surface area contributed by atoms with Crippen LogP contribution in [0, 0.1) is 0 Å². The van der Waals surface area contributed by atoms with E-state index in [0.29, 0.717) is 30.0 Å². The van der Waals surface area contributed by atoms with Crippen molar-refractivity contribution in [1.82, 2.24) is 30.1 Å². The van der Waals surface area contributed by atoms with Crippen LogP contribution in [0.15, 0.2) is 51.4 Å². The van der Waals surface area contributed by atoms with E-state index in [1.165, 1.54) is 35.5 Å². The number of hydrogen-bond donors (Lipinski definition) is 4. The zero-order chi connectivity index (χ0) is 29.1. The molecule has 2 aliphatic heterocycles. The minimum Gasteiger partial charge on any atom is -0.477 e. The Labute approximate surface area is 244 Å². The Morgan fingerprint density at radius 1 is 1.41 bits per heavy atom. The minimum atomic E-state index is -1.23. The number of nitrogens with zero attached hydrogens (tertiary/aromatic N) is 6. The fourth-order valence-corrected chi connectivity index (χ4v) is 6.99. The highest BCUT2D eigenvalue weighted by molar-refractivity contribution is 8.00. The summed E-state index contributed by atoms with van der Waals surface area (Å²) in [5.41, 5.74) is 6.90. The number of carboxylic acid groups (broad SMARTS) is 1. The van der Waals surface area contributed by atoms with E-state index < -0.39 is 29.2 Å². The Balaban J connectivity index is 1.31. The van der Waals surface area contributed by atoms with Crippen LogP contribution in [-0.4, -0.2) is 91.1 Å². The smallest absolute Gasteiger partial charge is 0.352 e. The highest BCUT2D eigenvalue weighted by atomic mass is 32.2. The van der Waals surface area contributed by atoms with Gasteiger partial charge in [-0.15, -0.1) is 39.4 Å². The number of hydrogen-bond acceptors (Lipinski definition) is 12. The van der Waals surface area contributed by atoms with Crippen LogP contribution in [0.25, 0.3) is 5.65 Å². The number of carbonyl (C=O) groups is 4. The lowest BCUT2D eigenvalue weighted by Crippen LogP contribution is -2.71. The second-order valence-electron chi connectivity index (χ2n) is 8.63. The van der Waals surface area contributed by atoms with Gasteiger partial charge in [-0.1, -0.05) is 10.3 Å². The molecule has 41 heavy (non-hydrogen) atoms. The molecule has 214 valence electrons. The van der Waals surface area contributed by atoms with Crippen LogP contribution in [0.5, 0.6) is 0 Å². The summed E-state index contributed by atoms with van der Waals surface area (Å²) in [6.07, 6.45) is 4.20. The summed E-state index contributed by atoms with van der Waals surface area (Å²) in [6.45, 7) is 0.749. The van der Waals surface area contributed by atoms with Crippen molar-refractivity contribution in [2.45, 2.75) is 23.0 Å². The summed E-state index contributed by atoms with van der Waals surface area (Å²) in [4.78, 5) is 58.9. The standard InChI is InChI=1S/C23H23N9O6S3/c1-38-29-16(13-10-41-23(24)26-13)19(34)27-17-20(35)32-18(22(36)37)12(9-40-21(17)32)8-30-5-6-31-15(30)3-2-14(28-31)39-7-4-25-11-33/h2-3,5-6,10-11,17,21H,4,7-9H2,1H3,(H4-,24,25,26,27,33,34,36,37)/p+1/b29-16-/t17-,21-/m1/s1. The van der Waals surface area contributed by atoms with Gasteiger partial charge in [0.15, 0.2) is 17.0 Å². The lowest BCUT2D eigenvalue weighted by molar-refractivity contribution is -0.662. The number of β-lactam (4-membered cyclic amide) rings is 1. The number of imidazole rings is 1. The molecule has 5 N–H and O–H groups in total. The molecule has 3 aromatic heterocycles. The molecule has 1 fully saturated rings. The van der Waals surface area contributed by atoms with Crippen molar-refractivity contribution >= 4 is 75.5 Å². The van der Waals surface area contributed by atoms with Crippen LogP contribution in [0.3, 0.4) is 0 Å². The second-order valence-corrected chi connectivity index (χ2v) is 11.7. The van der Waals surface area contributed by atoms with Crippen LogP contribution in [0.4, 0.5) is 5.13 Å². The Morgan fingerprint density at radius 3 is 2.95 bits per heavy atom. The van der Waals surface area contributed by atoms with Crippen molar-refractivity contribution in [3.05, 3.63) is 46.9 Å². The van der Waals surface area contributed by atoms with E-state index in [-0.39, 0.29) is 28.8 Å². The van der Waals surface area contributed by atoms with Crippen molar-refractivity contribution in [2.24, 2.45) is 5.16 Å². The first-order chi connectivity index (χ1) is 19.8. The zero-order valence-electron chi connectivity index (χ0n) is 21.4. The number of nitrogens with two attached hydrogens (primary N) is 1. The average molecular weight is 619 g/mol. The van der Waals surface area contributed by atoms with Gasteiger partial charge in [-0.25, -0.2) is 14.3 Å². The maximum absolute atomic E-state index is 13.1. The van der Waals surface area contributed by atoms with Crippen LogP contribution in [0.1, 0.15) is 5.69 Å². The highest BCUT2D eigenvalue weighted by Gasteiger charge is 2.54. The van der Waals surface area contributed by atoms with Gasteiger partial charge in [-0.05, 0) is 6.07 Å². The third-order valence-corrected chi connectivity index (χ3v) is 9.07. The van der Waals surface area contributed by atoms with Crippen LogP contribution >= 0.6 is 34.9 Å². The van der Waals surface area contributed by atoms with Crippen molar-refractivity contribution in [2.75, 3.05) is 30.9 Å². The zero-order valence-corrected chi connectivity index (χ0v) is 23.9. The van der Waals surface area contributed by atoms with Gasteiger partial charge >= 0.3 is 11.6 Å². The molecule has 0 radical (unpaired) electrons. The number of fused-ring (bicyclic) bond motifs is 2. The van der Waals surface area contributed by atoms with E-state index in [1.54, 1.807) is 22.3 Å². The fourth-order valence-electron chi connectivity index (χ4n) is 4.37. The molecule has 0 bridgehead atoms. The molecule has 0 aromatic carbocycles. The number of carboxylic acids is 1. The number of rotatable bonds is 12. The number of oxime groups is 1. The maximum Gasteiger partial charge on any atom is 0.352 e. The summed E-state index contributed by atoms with van der Waals surface area (Å²) in [6, 6.07) is 2.77. The molecular formula is C23H24N9O6S3+. The first-order valence-corrected chi connectivity index (χ1v) is 14.9. The predicted octanol–water partition coefficient (Wildman–Crippen LogP) is -0.712. The Kier molecular flexibility index (Phi) is 8.41. The molecule has 5 heterocycles. The lowest BCUT2D eigenvalue weighted by atomic mass is 10.0. The van der Waals surface area contributed by atoms with Gasteiger partial charge in [0.25, 0.3) is 11.8 Å². The van der Waals surface area contributed by atoms with E-state index >= 15 is 0 Å². The molecule has 0 saturated carbocycles. The first kappa shape index (κ1) is 28.4. The van der Waals surface area contributed by atoms with Gasteiger partial charge in [-0.3, -0.25) is 19.3 Å². The van der Waals surface area contributed by atoms with Gasteiger partial charge in [0.05, 0.1) is 0 Å². The molecule has 5 rings (SSSR count). The van der Waals surface area contributed by atoms with Gasteiger partial charge in [0.2, 0.25) is 6.41 Å². The van der Waals surface area contributed by atoms with Gasteiger partial charge in [0.1, 0.15) is 47.7 Å². The number of aromatic nitrogens is 4. The number of thioether (sulfide) groups is 2. The molecule has 3 amide bonds. The van der Waals surface area contributed by atoms with Gasteiger partial charge in [-0.2, -0.15) is 0 Å². The molecule has 0 aliphatic carbocycles.